The number of hydrogen-bond acceptors (Lipinski definition) is 3. The van der Waals surface area contributed by atoms with Crippen molar-refractivity contribution in [3.63, 3.8) is 0 Å². The second kappa shape index (κ2) is 4.94. The molecule has 0 aliphatic heterocycles. The SMILES string of the molecule is CN(CC(C)(C)O)c1cc(Cl)ccc1C(=N)N. The molecule has 0 spiro atoms. The fourth-order valence-corrected chi connectivity index (χ4v) is 1.88. The van der Waals surface area contributed by atoms with Crippen molar-refractivity contribution in [3.05, 3.63) is 28.8 Å². The van der Waals surface area contributed by atoms with E-state index in [1.807, 2.05) is 11.9 Å². The second-order valence-corrected chi connectivity index (χ2v) is 5.18. The maximum Gasteiger partial charge on any atom is 0.124 e. The third-order valence-electron chi connectivity index (χ3n) is 2.29. The molecule has 0 unspecified atom stereocenters. The minimum absolute atomic E-state index is 0.0146. The van der Waals surface area contributed by atoms with Gasteiger partial charge in [0.25, 0.3) is 0 Å². The largest absolute Gasteiger partial charge is 0.389 e. The number of nitrogens with zero attached hydrogens (tertiary/aromatic N) is 1. The Kier molecular flexibility index (Phi) is 4.01. The minimum atomic E-state index is -0.828. The number of nitrogen functional groups attached to an aromatic ring is 1. The van der Waals surface area contributed by atoms with Crippen molar-refractivity contribution in [1.82, 2.24) is 0 Å². The van der Waals surface area contributed by atoms with Crippen molar-refractivity contribution in [2.75, 3.05) is 18.5 Å². The molecule has 4 N–H and O–H groups in total. The van der Waals surface area contributed by atoms with Crippen LogP contribution in [0, 0.1) is 5.41 Å². The quantitative estimate of drug-likeness (QED) is 0.568. The van der Waals surface area contributed by atoms with Gasteiger partial charge in [-0.1, -0.05) is 11.6 Å². The molecule has 17 heavy (non-hydrogen) atoms. The number of halogens is 1. The summed E-state index contributed by atoms with van der Waals surface area (Å²) in [6.45, 7) is 3.87. The van der Waals surface area contributed by atoms with E-state index >= 15 is 0 Å². The predicted octanol–water partition coefficient (Wildman–Crippen LogP) is 1.83. The molecule has 0 atom stereocenters. The number of anilines is 1. The van der Waals surface area contributed by atoms with Crippen molar-refractivity contribution >= 4 is 23.1 Å². The average Bonchev–Trinajstić information content (AvgIpc) is 2.14. The minimum Gasteiger partial charge on any atom is -0.389 e. The summed E-state index contributed by atoms with van der Waals surface area (Å²) in [7, 11) is 1.83. The summed E-state index contributed by atoms with van der Waals surface area (Å²) in [5, 5.41) is 17.9. The van der Waals surface area contributed by atoms with Gasteiger partial charge in [0.15, 0.2) is 0 Å². The lowest BCUT2D eigenvalue weighted by Gasteiger charge is -2.28. The first kappa shape index (κ1) is 13.8. The van der Waals surface area contributed by atoms with Crippen LogP contribution in [-0.2, 0) is 0 Å². The molecular weight excluding hydrogens is 238 g/mol. The molecule has 94 valence electrons. The van der Waals surface area contributed by atoms with Crippen LogP contribution in [0.1, 0.15) is 19.4 Å². The molecule has 0 radical (unpaired) electrons. The van der Waals surface area contributed by atoms with Crippen LogP contribution in [0.3, 0.4) is 0 Å². The normalized spacial score (nSPS) is 11.4. The molecule has 5 heteroatoms. The Morgan fingerprint density at radius 1 is 1.53 bits per heavy atom. The standard InChI is InChI=1S/C12H18ClN3O/c1-12(2,17)7-16(3)10-6-8(13)4-5-9(10)11(14)15/h4-6,17H,7H2,1-3H3,(H3,14,15). The lowest BCUT2D eigenvalue weighted by molar-refractivity contribution is 0.0886. The third kappa shape index (κ3) is 3.91. The van der Waals surface area contributed by atoms with E-state index in [0.717, 1.165) is 5.69 Å². The van der Waals surface area contributed by atoms with E-state index in [1.54, 1.807) is 32.0 Å². The number of nitrogens with two attached hydrogens (primary N) is 1. The Hall–Kier alpha value is -1.26. The van der Waals surface area contributed by atoms with Crippen molar-refractivity contribution in [2.45, 2.75) is 19.4 Å². The maximum atomic E-state index is 9.79. The molecule has 0 bridgehead atoms. The van der Waals surface area contributed by atoms with Crippen molar-refractivity contribution in [3.8, 4) is 0 Å². The van der Waals surface area contributed by atoms with Crippen LogP contribution in [0.2, 0.25) is 5.02 Å². The maximum absolute atomic E-state index is 9.79. The van der Waals surface area contributed by atoms with E-state index in [9.17, 15) is 5.11 Å². The lowest BCUT2D eigenvalue weighted by Crippen LogP contribution is -2.37. The van der Waals surface area contributed by atoms with Gasteiger partial charge in [-0.2, -0.15) is 0 Å². The van der Waals surface area contributed by atoms with Crippen LogP contribution in [0.15, 0.2) is 18.2 Å². The molecule has 1 rings (SSSR count). The molecule has 1 aromatic rings. The lowest BCUT2D eigenvalue weighted by atomic mass is 10.1. The van der Waals surface area contributed by atoms with Gasteiger partial charge in [0.2, 0.25) is 0 Å². The number of benzene rings is 1. The van der Waals surface area contributed by atoms with Gasteiger partial charge in [-0.3, -0.25) is 5.41 Å². The third-order valence-corrected chi connectivity index (χ3v) is 2.52. The smallest absolute Gasteiger partial charge is 0.124 e. The molecule has 0 aromatic heterocycles. The summed E-state index contributed by atoms with van der Waals surface area (Å²) in [5.41, 5.74) is 6.04. The average molecular weight is 256 g/mol. The second-order valence-electron chi connectivity index (χ2n) is 4.74. The van der Waals surface area contributed by atoms with Crippen LogP contribution in [0.5, 0.6) is 0 Å². The first-order chi connectivity index (χ1) is 7.70. The van der Waals surface area contributed by atoms with E-state index in [1.165, 1.54) is 0 Å². The molecule has 0 aliphatic carbocycles. The highest BCUT2D eigenvalue weighted by atomic mass is 35.5. The zero-order valence-corrected chi connectivity index (χ0v) is 11.0. The molecule has 1 aromatic carbocycles. The fraction of sp³-hybridized carbons (Fsp3) is 0.417. The number of aliphatic hydroxyl groups is 1. The monoisotopic (exact) mass is 255 g/mol. The number of likely N-dealkylation sites (N-methyl/N-ethyl adjacent to an activating group) is 1. The molecule has 0 heterocycles. The van der Waals surface area contributed by atoms with E-state index in [0.29, 0.717) is 17.1 Å². The number of amidine groups is 1. The van der Waals surface area contributed by atoms with Crippen LogP contribution < -0.4 is 10.6 Å². The highest BCUT2D eigenvalue weighted by Crippen LogP contribution is 2.25. The van der Waals surface area contributed by atoms with Crippen molar-refractivity contribution in [1.29, 1.82) is 5.41 Å². The van der Waals surface area contributed by atoms with Gasteiger partial charge < -0.3 is 15.7 Å². The van der Waals surface area contributed by atoms with Gasteiger partial charge in [0.1, 0.15) is 5.84 Å². The number of hydrogen-bond donors (Lipinski definition) is 3. The molecular formula is C12H18ClN3O. The molecule has 0 saturated carbocycles. The zero-order valence-electron chi connectivity index (χ0n) is 10.3. The molecule has 0 amide bonds. The molecule has 0 saturated heterocycles. The summed E-state index contributed by atoms with van der Waals surface area (Å²) >= 11 is 5.94. The van der Waals surface area contributed by atoms with Gasteiger partial charge in [-0.25, -0.2) is 0 Å². The first-order valence-electron chi connectivity index (χ1n) is 5.28. The Bertz CT molecular complexity index is 426. The van der Waals surface area contributed by atoms with Crippen LogP contribution >= 0.6 is 11.6 Å². The Labute approximate surface area is 107 Å². The Morgan fingerprint density at radius 3 is 2.59 bits per heavy atom. The van der Waals surface area contributed by atoms with Gasteiger partial charge >= 0.3 is 0 Å². The van der Waals surface area contributed by atoms with Gasteiger partial charge in [-0.05, 0) is 32.0 Å². The highest BCUT2D eigenvalue weighted by molar-refractivity contribution is 6.31. The summed E-state index contributed by atoms with van der Waals surface area (Å²) in [5.74, 6) is -0.0146. The van der Waals surface area contributed by atoms with E-state index < -0.39 is 5.60 Å². The topological polar surface area (TPSA) is 73.3 Å². The zero-order chi connectivity index (χ0) is 13.2. The van der Waals surface area contributed by atoms with Crippen molar-refractivity contribution in [2.24, 2.45) is 5.73 Å². The van der Waals surface area contributed by atoms with Crippen LogP contribution in [-0.4, -0.2) is 30.1 Å². The van der Waals surface area contributed by atoms with E-state index in [-0.39, 0.29) is 5.84 Å². The molecule has 4 nitrogen and oxygen atoms in total. The van der Waals surface area contributed by atoms with Crippen molar-refractivity contribution < 1.29 is 5.11 Å². The molecule has 0 fully saturated rings. The van der Waals surface area contributed by atoms with Gasteiger partial charge in [0, 0.05) is 29.9 Å². The van der Waals surface area contributed by atoms with Crippen LogP contribution in [0.25, 0.3) is 0 Å². The molecule has 0 aliphatic rings. The number of rotatable bonds is 4. The predicted molar refractivity (Wildman–Crippen MR) is 72.0 cm³/mol. The van der Waals surface area contributed by atoms with E-state index in [4.69, 9.17) is 22.7 Å². The highest BCUT2D eigenvalue weighted by Gasteiger charge is 2.18. The van der Waals surface area contributed by atoms with Gasteiger partial charge in [0.05, 0.1) is 5.60 Å². The summed E-state index contributed by atoms with van der Waals surface area (Å²) < 4.78 is 0. The Balaban J connectivity index is 3.10. The summed E-state index contributed by atoms with van der Waals surface area (Å²) in [4.78, 5) is 1.84. The summed E-state index contributed by atoms with van der Waals surface area (Å²) in [6.07, 6.45) is 0. The van der Waals surface area contributed by atoms with E-state index in [2.05, 4.69) is 0 Å². The van der Waals surface area contributed by atoms with Gasteiger partial charge in [-0.15, -0.1) is 0 Å². The summed E-state index contributed by atoms with van der Waals surface area (Å²) in [6, 6.07) is 5.14. The first-order valence-corrected chi connectivity index (χ1v) is 5.66. The fourth-order valence-electron chi connectivity index (χ4n) is 1.71. The Morgan fingerprint density at radius 2 is 2.12 bits per heavy atom. The number of nitrogens with one attached hydrogen (secondary N) is 1. The van der Waals surface area contributed by atoms with Crippen LogP contribution in [0.4, 0.5) is 5.69 Å².